The first-order chi connectivity index (χ1) is 12.7. The van der Waals surface area contributed by atoms with Crippen molar-refractivity contribution in [1.29, 1.82) is 0 Å². The van der Waals surface area contributed by atoms with Crippen LogP contribution in [0.3, 0.4) is 0 Å². The van der Waals surface area contributed by atoms with E-state index >= 15 is 0 Å². The molecule has 0 saturated carbocycles. The molecule has 1 unspecified atom stereocenters. The Morgan fingerprint density at radius 2 is 2.19 bits per heavy atom. The van der Waals surface area contributed by atoms with Crippen molar-refractivity contribution in [2.24, 2.45) is 0 Å². The maximum Gasteiger partial charge on any atom is 0.271 e. The standard InChI is InChI=1S/C20H23N3O2S/c1-14-6-2-3-8-16(14)17-12-23-18(13-26-20(23)21-17)19(25)22-10-5-4-7-15(22)9-11-24/h2-3,6,8,12-13,15,24H,4-5,7,9-11H2,1H3. The van der Waals surface area contributed by atoms with Crippen molar-refractivity contribution in [2.75, 3.05) is 13.2 Å². The number of rotatable bonds is 4. The van der Waals surface area contributed by atoms with Crippen LogP contribution in [-0.2, 0) is 0 Å². The molecule has 4 rings (SSSR count). The summed E-state index contributed by atoms with van der Waals surface area (Å²) >= 11 is 1.50. The van der Waals surface area contributed by atoms with E-state index in [-0.39, 0.29) is 18.6 Å². The van der Waals surface area contributed by atoms with Gasteiger partial charge < -0.3 is 10.0 Å². The van der Waals surface area contributed by atoms with E-state index in [1.807, 2.05) is 33.0 Å². The van der Waals surface area contributed by atoms with Crippen molar-refractivity contribution < 1.29 is 9.90 Å². The van der Waals surface area contributed by atoms with Crippen LogP contribution in [-0.4, -0.2) is 44.5 Å². The topological polar surface area (TPSA) is 57.8 Å². The number of piperidine rings is 1. The number of amides is 1. The summed E-state index contributed by atoms with van der Waals surface area (Å²) in [5, 5.41) is 11.2. The van der Waals surface area contributed by atoms with Gasteiger partial charge in [-0.2, -0.15) is 0 Å². The van der Waals surface area contributed by atoms with E-state index in [1.54, 1.807) is 0 Å². The maximum atomic E-state index is 13.2. The van der Waals surface area contributed by atoms with Crippen molar-refractivity contribution in [3.05, 3.63) is 47.1 Å². The molecule has 1 saturated heterocycles. The Bertz CT molecular complexity index is 928. The molecule has 0 bridgehead atoms. The van der Waals surface area contributed by atoms with E-state index < -0.39 is 0 Å². The Kier molecular flexibility index (Phi) is 4.78. The van der Waals surface area contributed by atoms with E-state index in [0.717, 1.165) is 42.0 Å². The highest BCUT2D eigenvalue weighted by Crippen LogP contribution is 2.28. The second-order valence-corrected chi connectivity index (χ2v) is 7.71. The van der Waals surface area contributed by atoms with Crippen LogP contribution in [0.4, 0.5) is 0 Å². The van der Waals surface area contributed by atoms with Crippen LogP contribution >= 0.6 is 11.3 Å². The van der Waals surface area contributed by atoms with Gasteiger partial charge >= 0.3 is 0 Å². The highest BCUT2D eigenvalue weighted by atomic mass is 32.1. The van der Waals surface area contributed by atoms with Crippen molar-refractivity contribution in [3.8, 4) is 11.3 Å². The van der Waals surface area contributed by atoms with Gasteiger partial charge in [0.1, 0.15) is 5.69 Å². The third kappa shape index (κ3) is 3.04. The first kappa shape index (κ1) is 17.2. The lowest BCUT2D eigenvalue weighted by molar-refractivity contribution is 0.0568. The fourth-order valence-corrected chi connectivity index (χ4v) is 4.64. The van der Waals surface area contributed by atoms with Gasteiger partial charge in [0.05, 0.1) is 5.69 Å². The molecule has 5 nitrogen and oxygen atoms in total. The van der Waals surface area contributed by atoms with Crippen LogP contribution < -0.4 is 0 Å². The normalized spacial score (nSPS) is 17.8. The quantitative estimate of drug-likeness (QED) is 0.762. The molecule has 1 amide bonds. The molecule has 1 fully saturated rings. The van der Waals surface area contributed by atoms with Gasteiger partial charge in [-0.15, -0.1) is 11.3 Å². The lowest BCUT2D eigenvalue weighted by Gasteiger charge is -2.35. The van der Waals surface area contributed by atoms with Gasteiger partial charge in [0.25, 0.3) is 5.91 Å². The van der Waals surface area contributed by atoms with Gasteiger partial charge in [0.2, 0.25) is 0 Å². The van der Waals surface area contributed by atoms with Crippen LogP contribution in [0.25, 0.3) is 16.2 Å². The second-order valence-electron chi connectivity index (χ2n) is 6.88. The number of fused-ring (bicyclic) bond motifs is 1. The first-order valence-electron chi connectivity index (χ1n) is 9.13. The summed E-state index contributed by atoms with van der Waals surface area (Å²) in [6.07, 6.45) is 5.73. The van der Waals surface area contributed by atoms with Crippen molar-refractivity contribution in [2.45, 2.75) is 38.6 Å². The zero-order valence-electron chi connectivity index (χ0n) is 14.9. The lowest BCUT2D eigenvalue weighted by atomic mass is 9.99. The Balaban J connectivity index is 1.68. The molecule has 6 heteroatoms. The predicted molar refractivity (Wildman–Crippen MR) is 104 cm³/mol. The number of benzene rings is 1. The first-order valence-corrected chi connectivity index (χ1v) is 10.0. The number of likely N-dealkylation sites (tertiary alicyclic amines) is 1. The molecular weight excluding hydrogens is 346 g/mol. The Hall–Kier alpha value is -2.18. The highest BCUT2D eigenvalue weighted by Gasteiger charge is 2.29. The van der Waals surface area contributed by atoms with E-state index in [0.29, 0.717) is 12.1 Å². The lowest BCUT2D eigenvalue weighted by Crippen LogP contribution is -2.44. The predicted octanol–water partition coefficient (Wildman–Crippen LogP) is 3.75. The summed E-state index contributed by atoms with van der Waals surface area (Å²) in [5.41, 5.74) is 3.83. The van der Waals surface area contributed by atoms with E-state index in [2.05, 4.69) is 19.1 Å². The molecule has 1 aliphatic heterocycles. The number of imidazole rings is 1. The molecule has 3 aromatic rings. The Morgan fingerprint density at radius 1 is 1.35 bits per heavy atom. The molecule has 26 heavy (non-hydrogen) atoms. The number of thiazole rings is 1. The van der Waals surface area contributed by atoms with Gasteiger partial charge in [-0.1, -0.05) is 24.3 Å². The zero-order valence-corrected chi connectivity index (χ0v) is 15.7. The summed E-state index contributed by atoms with van der Waals surface area (Å²) in [5.74, 6) is 0.0446. The second kappa shape index (κ2) is 7.21. The smallest absolute Gasteiger partial charge is 0.271 e. The van der Waals surface area contributed by atoms with Gasteiger partial charge in [-0.05, 0) is 38.2 Å². The summed E-state index contributed by atoms with van der Waals surface area (Å²) < 4.78 is 1.92. The fraction of sp³-hybridized carbons (Fsp3) is 0.400. The Labute approximate surface area is 156 Å². The van der Waals surface area contributed by atoms with Crippen molar-refractivity contribution in [1.82, 2.24) is 14.3 Å². The summed E-state index contributed by atoms with van der Waals surface area (Å²) in [7, 11) is 0. The number of carbonyl (C=O) groups excluding carboxylic acids is 1. The molecule has 1 N–H and O–H groups in total. The molecule has 0 radical (unpaired) electrons. The average molecular weight is 369 g/mol. The summed E-state index contributed by atoms with van der Waals surface area (Å²) in [6, 6.07) is 8.29. The van der Waals surface area contributed by atoms with Crippen LogP contribution in [0.5, 0.6) is 0 Å². The van der Waals surface area contributed by atoms with E-state index in [9.17, 15) is 9.90 Å². The number of aliphatic hydroxyl groups is 1. The van der Waals surface area contributed by atoms with Crippen LogP contribution in [0, 0.1) is 6.92 Å². The monoisotopic (exact) mass is 369 g/mol. The minimum atomic E-state index is 0.0446. The maximum absolute atomic E-state index is 13.2. The molecule has 136 valence electrons. The van der Waals surface area contributed by atoms with Gasteiger partial charge in [-0.3, -0.25) is 9.20 Å². The largest absolute Gasteiger partial charge is 0.396 e. The summed E-state index contributed by atoms with van der Waals surface area (Å²) in [4.78, 5) is 20.7. The molecule has 1 aromatic carbocycles. The fourth-order valence-electron chi connectivity index (χ4n) is 3.79. The van der Waals surface area contributed by atoms with Crippen LogP contribution in [0.1, 0.15) is 41.7 Å². The Morgan fingerprint density at radius 3 is 3.00 bits per heavy atom. The molecule has 0 aliphatic carbocycles. The van der Waals surface area contributed by atoms with Crippen LogP contribution in [0.2, 0.25) is 0 Å². The minimum Gasteiger partial charge on any atom is -0.396 e. The van der Waals surface area contributed by atoms with Crippen LogP contribution in [0.15, 0.2) is 35.8 Å². The molecule has 2 aromatic heterocycles. The minimum absolute atomic E-state index is 0.0446. The highest BCUT2D eigenvalue weighted by molar-refractivity contribution is 7.15. The number of aryl methyl sites for hydroxylation is 1. The van der Waals surface area contributed by atoms with E-state index in [1.165, 1.54) is 16.9 Å². The van der Waals surface area contributed by atoms with Gasteiger partial charge in [0, 0.05) is 36.3 Å². The SMILES string of the molecule is Cc1ccccc1-c1cn2c(C(=O)N3CCCCC3CCO)csc2n1. The number of hydrogen-bond acceptors (Lipinski definition) is 4. The van der Waals surface area contributed by atoms with E-state index in [4.69, 9.17) is 4.98 Å². The number of carbonyl (C=O) groups is 1. The summed E-state index contributed by atoms with van der Waals surface area (Å²) in [6.45, 7) is 2.96. The van der Waals surface area contributed by atoms with Gasteiger partial charge in [0.15, 0.2) is 4.96 Å². The molecule has 1 aliphatic rings. The number of nitrogens with zero attached hydrogens (tertiary/aromatic N) is 3. The third-order valence-corrected chi connectivity index (χ3v) is 6.04. The van der Waals surface area contributed by atoms with Crippen molar-refractivity contribution >= 4 is 22.2 Å². The number of hydrogen-bond donors (Lipinski definition) is 1. The van der Waals surface area contributed by atoms with Crippen molar-refractivity contribution in [3.63, 3.8) is 0 Å². The molecular formula is C20H23N3O2S. The average Bonchev–Trinajstić information content (AvgIpc) is 3.23. The van der Waals surface area contributed by atoms with Gasteiger partial charge in [-0.25, -0.2) is 4.98 Å². The molecule has 0 spiro atoms. The molecule has 1 atom stereocenters. The molecule has 3 heterocycles. The number of aliphatic hydroxyl groups excluding tert-OH is 1. The zero-order chi connectivity index (χ0) is 18.1. The number of aromatic nitrogens is 2. The third-order valence-electron chi connectivity index (χ3n) is 5.20.